The third-order valence-corrected chi connectivity index (χ3v) is 4.54. The number of azide groups is 1. The van der Waals surface area contributed by atoms with Crippen LogP contribution in [0.25, 0.3) is 32.5 Å². The number of carbonyl (C=O) groups is 1. The van der Waals surface area contributed by atoms with Crippen LogP contribution in [0.5, 0.6) is 0 Å². The molecule has 0 saturated carbocycles. The fourth-order valence-corrected chi connectivity index (χ4v) is 3.49. The number of benzene rings is 2. The molecule has 29 heavy (non-hydrogen) atoms. The van der Waals surface area contributed by atoms with Crippen molar-refractivity contribution in [1.29, 1.82) is 0 Å². The number of hydrogen-bond donors (Lipinski definition) is 0. The quantitative estimate of drug-likeness (QED) is 0.186. The maximum absolute atomic E-state index is 13.0. The number of ketones is 1. The van der Waals surface area contributed by atoms with E-state index in [2.05, 4.69) is 10.0 Å². The van der Waals surface area contributed by atoms with Gasteiger partial charge in [0.15, 0.2) is 5.78 Å². The molecular weight excluding hydrogens is 364 g/mol. The molecule has 1 aliphatic carbocycles. The summed E-state index contributed by atoms with van der Waals surface area (Å²) in [5.41, 5.74) is 11.0. The topological polar surface area (TPSA) is 87.8 Å². The first-order chi connectivity index (χ1) is 14.2. The maximum Gasteiger partial charge on any atom is 0.258 e. The van der Waals surface area contributed by atoms with Gasteiger partial charge in [-0.25, -0.2) is 0 Å². The minimum absolute atomic E-state index is 0.0504. The SMILES string of the molecule is CC.CC.[N-]=[N+]=NCCCn1c2c(c3ccccc3c1=O)C(=O)c1ccccc1-2. The molecule has 0 fully saturated rings. The molecule has 3 aromatic rings. The van der Waals surface area contributed by atoms with Gasteiger partial charge < -0.3 is 4.57 Å². The van der Waals surface area contributed by atoms with Gasteiger partial charge in [-0.2, -0.15) is 0 Å². The molecule has 1 aromatic heterocycles. The predicted octanol–water partition coefficient (Wildman–Crippen LogP) is 5.97. The lowest BCUT2D eigenvalue weighted by Crippen LogP contribution is -2.23. The zero-order valence-electron chi connectivity index (χ0n) is 17.3. The van der Waals surface area contributed by atoms with E-state index in [9.17, 15) is 9.59 Å². The Labute approximate surface area is 170 Å². The summed E-state index contributed by atoms with van der Waals surface area (Å²) in [6.07, 6.45) is 0.533. The van der Waals surface area contributed by atoms with Crippen LogP contribution in [-0.2, 0) is 6.54 Å². The Morgan fingerprint density at radius 3 is 2.14 bits per heavy atom. The summed E-state index contributed by atoms with van der Waals surface area (Å²) >= 11 is 0. The zero-order chi connectivity index (χ0) is 21.4. The van der Waals surface area contributed by atoms with Crippen molar-refractivity contribution in [1.82, 2.24) is 4.57 Å². The fraction of sp³-hybridized carbons (Fsp3) is 0.304. The zero-order valence-corrected chi connectivity index (χ0v) is 17.3. The number of hydrogen-bond acceptors (Lipinski definition) is 3. The van der Waals surface area contributed by atoms with E-state index in [1.54, 1.807) is 22.8 Å². The first-order valence-electron chi connectivity index (χ1n) is 10.0. The molecule has 0 atom stereocenters. The summed E-state index contributed by atoms with van der Waals surface area (Å²) in [7, 11) is 0. The molecule has 0 aliphatic heterocycles. The van der Waals surface area contributed by atoms with Gasteiger partial charge in [0.25, 0.3) is 5.56 Å². The second-order valence-corrected chi connectivity index (χ2v) is 5.91. The molecule has 0 unspecified atom stereocenters. The molecule has 0 spiro atoms. The summed E-state index contributed by atoms with van der Waals surface area (Å²) in [5.74, 6) is -0.0504. The smallest absolute Gasteiger partial charge is 0.258 e. The molecule has 6 heteroatoms. The lowest BCUT2D eigenvalue weighted by molar-refractivity contribution is 0.104. The van der Waals surface area contributed by atoms with Crippen molar-refractivity contribution < 1.29 is 4.79 Å². The van der Waals surface area contributed by atoms with Crippen LogP contribution in [0, 0.1) is 0 Å². The van der Waals surface area contributed by atoms with Gasteiger partial charge in [0.2, 0.25) is 0 Å². The molecule has 1 aliphatic rings. The molecule has 0 saturated heterocycles. The number of rotatable bonds is 4. The van der Waals surface area contributed by atoms with E-state index >= 15 is 0 Å². The second-order valence-electron chi connectivity index (χ2n) is 5.91. The minimum Gasteiger partial charge on any atom is -0.307 e. The number of aromatic nitrogens is 1. The van der Waals surface area contributed by atoms with Crippen LogP contribution in [0.2, 0.25) is 0 Å². The normalized spacial score (nSPS) is 10.7. The number of pyridine rings is 1. The Morgan fingerprint density at radius 1 is 0.897 bits per heavy atom. The molecule has 6 nitrogen and oxygen atoms in total. The average molecular weight is 390 g/mol. The minimum atomic E-state index is -0.125. The number of nitrogens with zero attached hydrogens (tertiary/aromatic N) is 4. The second kappa shape index (κ2) is 10.2. The summed E-state index contributed by atoms with van der Waals surface area (Å²) in [4.78, 5) is 28.7. The first kappa shape index (κ1) is 21.9. The predicted molar refractivity (Wildman–Crippen MR) is 118 cm³/mol. The van der Waals surface area contributed by atoms with E-state index < -0.39 is 0 Å². The van der Waals surface area contributed by atoms with Gasteiger partial charge in [0.05, 0.1) is 11.3 Å². The first-order valence-corrected chi connectivity index (χ1v) is 10.0. The Balaban J connectivity index is 0.000000707. The molecular formula is C23H26N4O2. The Hall–Kier alpha value is -3.37. The van der Waals surface area contributed by atoms with E-state index in [0.29, 0.717) is 47.1 Å². The van der Waals surface area contributed by atoms with Gasteiger partial charge in [-0.3, -0.25) is 9.59 Å². The summed E-state index contributed by atoms with van der Waals surface area (Å²) in [5, 5.41) is 4.75. The molecule has 150 valence electrons. The van der Waals surface area contributed by atoms with Crippen molar-refractivity contribution in [2.75, 3.05) is 6.54 Å². The third-order valence-electron chi connectivity index (χ3n) is 4.54. The highest BCUT2D eigenvalue weighted by molar-refractivity contribution is 6.26. The molecule has 4 rings (SSSR count). The summed E-state index contributed by atoms with van der Waals surface area (Å²) < 4.78 is 1.65. The van der Waals surface area contributed by atoms with Crippen LogP contribution >= 0.6 is 0 Å². The highest BCUT2D eigenvalue weighted by atomic mass is 16.1. The lowest BCUT2D eigenvalue weighted by Gasteiger charge is -2.14. The average Bonchev–Trinajstić information content (AvgIpc) is 3.09. The van der Waals surface area contributed by atoms with Gasteiger partial charge in [-0.1, -0.05) is 75.3 Å². The molecule has 1 heterocycles. The largest absolute Gasteiger partial charge is 0.307 e. The van der Waals surface area contributed by atoms with Crippen LogP contribution in [0.3, 0.4) is 0 Å². The highest BCUT2D eigenvalue weighted by Crippen LogP contribution is 2.39. The van der Waals surface area contributed by atoms with Gasteiger partial charge in [-0.15, -0.1) is 0 Å². The van der Waals surface area contributed by atoms with Crippen LogP contribution < -0.4 is 5.56 Å². The van der Waals surface area contributed by atoms with Gasteiger partial charge >= 0.3 is 0 Å². The van der Waals surface area contributed by atoms with E-state index in [1.807, 2.05) is 58.0 Å². The maximum atomic E-state index is 13.0. The lowest BCUT2D eigenvalue weighted by atomic mass is 10.0. The molecule has 0 bridgehead atoms. The molecule has 0 radical (unpaired) electrons. The summed E-state index contributed by atoms with van der Waals surface area (Å²) in [6, 6.07) is 14.6. The Morgan fingerprint density at radius 2 is 1.48 bits per heavy atom. The monoisotopic (exact) mass is 390 g/mol. The standard InChI is InChI=1S/C19H14N4O2.2C2H6/c20-22-21-10-5-11-23-17-13-7-2-3-8-14(13)18(24)16(17)12-6-1-4-9-15(12)19(23)25;2*1-2/h1-4,6-9H,5,10-11H2;2*1-2H3. The van der Waals surface area contributed by atoms with E-state index in [-0.39, 0.29) is 11.3 Å². The van der Waals surface area contributed by atoms with Gasteiger partial charge in [0.1, 0.15) is 0 Å². The van der Waals surface area contributed by atoms with Crippen LogP contribution in [0.15, 0.2) is 58.4 Å². The fourth-order valence-electron chi connectivity index (χ4n) is 3.49. The van der Waals surface area contributed by atoms with Crippen molar-refractivity contribution in [3.05, 3.63) is 80.5 Å². The molecule has 2 aromatic carbocycles. The van der Waals surface area contributed by atoms with E-state index in [1.165, 1.54) is 0 Å². The van der Waals surface area contributed by atoms with E-state index in [0.717, 1.165) is 5.56 Å². The summed E-state index contributed by atoms with van der Waals surface area (Å²) in [6.45, 7) is 8.70. The van der Waals surface area contributed by atoms with Crippen molar-refractivity contribution >= 4 is 16.6 Å². The van der Waals surface area contributed by atoms with Crippen molar-refractivity contribution in [3.63, 3.8) is 0 Å². The molecule has 0 N–H and O–H groups in total. The van der Waals surface area contributed by atoms with Crippen molar-refractivity contribution in [2.45, 2.75) is 40.7 Å². The van der Waals surface area contributed by atoms with Crippen LogP contribution in [0.4, 0.5) is 0 Å². The number of carbonyl (C=O) groups excluding carboxylic acids is 1. The van der Waals surface area contributed by atoms with Gasteiger partial charge in [0, 0.05) is 39.9 Å². The third kappa shape index (κ3) is 3.93. The van der Waals surface area contributed by atoms with Crippen LogP contribution in [0.1, 0.15) is 50.0 Å². The van der Waals surface area contributed by atoms with Gasteiger partial charge in [-0.05, 0) is 18.0 Å². The van der Waals surface area contributed by atoms with E-state index in [4.69, 9.17) is 5.53 Å². The van der Waals surface area contributed by atoms with Crippen molar-refractivity contribution in [3.8, 4) is 11.3 Å². The molecule has 0 amide bonds. The van der Waals surface area contributed by atoms with Crippen LogP contribution in [-0.4, -0.2) is 16.9 Å². The Kier molecular flexibility index (Phi) is 7.75. The Bertz CT molecular complexity index is 1130. The highest BCUT2D eigenvalue weighted by Gasteiger charge is 2.31. The number of fused-ring (bicyclic) bond motifs is 5. The van der Waals surface area contributed by atoms with Crippen molar-refractivity contribution in [2.24, 2.45) is 5.11 Å².